The van der Waals surface area contributed by atoms with Gasteiger partial charge in [0.2, 0.25) is 0 Å². The van der Waals surface area contributed by atoms with Gasteiger partial charge >= 0.3 is 0 Å². The lowest BCUT2D eigenvalue weighted by atomic mass is 10.2. The minimum absolute atomic E-state index is 0.160. The van der Waals surface area contributed by atoms with Gasteiger partial charge in [0.1, 0.15) is 5.82 Å². The number of carbonyl (C=O) groups is 1. The highest BCUT2D eigenvalue weighted by Crippen LogP contribution is 2.21. The number of hydrogen-bond donors (Lipinski definition) is 0. The fraction of sp³-hybridized carbons (Fsp3) is 0.474. The van der Waals surface area contributed by atoms with E-state index in [0.29, 0.717) is 0 Å². The fourth-order valence-corrected chi connectivity index (χ4v) is 3.86. The Balaban J connectivity index is 1.52. The number of piperazine rings is 1. The van der Waals surface area contributed by atoms with E-state index < -0.39 is 0 Å². The molecule has 0 bridgehead atoms. The maximum atomic E-state index is 12.8. The number of hydrogen-bond acceptors (Lipinski definition) is 4. The topological polar surface area (TPSA) is 41.4 Å². The number of nitrogens with zero attached hydrogens (tertiary/aromatic N) is 4. The number of rotatable bonds is 6. The van der Waals surface area contributed by atoms with Crippen LogP contribution < -0.4 is 0 Å². The van der Waals surface area contributed by atoms with Crippen molar-refractivity contribution in [1.29, 1.82) is 0 Å². The van der Waals surface area contributed by atoms with Crippen molar-refractivity contribution < 1.29 is 4.79 Å². The highest BCUT2D eigenvalue weighted by Gasteiger charge is 2.23. The third kappa shape index (κ3) is 4.25. The quantitative estimate of drug-likeness (QED) is 0.745. The lowest BCUT2D eigenvalue weighted by Gasteiger charge is -2.35. The fourth-order valence-electron chi connectivity index (χ4n) is 3.27. The summed E-state index contributed by atoms with van der Waals surface area (Å²) in [5, 5.41) is 0. The molecule has 25 heavy (non-hydrogen) atoms. The summed E-state index contributed by atoms with van der Waals surface area (Å²) >= 11 is 1.63. The summed E-state index contributed by atoms with van der Waals surface area (Å²) in [7, 11) is 0. The third-order valence-electron chi connectivity index (χ3n) is 4.77. The average Bonchev–Trinajstić information content (AvgIpc) is 3.13. The standard InChI is InChI=1S/C19H26N4OS/c1-3-18-20-8-9-22(18)13-10-21-11-14-23(15-12-21)19(24)16-6-4-5-7-17(16)25-2/h4-9H,3,10-15H2,1-2H3. The van der Waals surface area contributed by atoms with Crippen LogP contribution in [-0.2, 0) is 13.0 Å². The zero-order chi connectivity index (χ0) is 17.6. The molecular formula is C19H26N4OS. The molecule has 0 N–H and O–H groups in total. The molecule has 3 rings (SSSR count). The molecule has 1 aromatic heterocycles. The second-order valence-electron chi connectivity index (χ2n) is 6.22. The van der Waals surface area contributed by atoms with Crippen LogP contribution in [-0.4, -0.2) is 64.2 Å². The first-order valence-electron chi connectivity index (χ1n) is 8.87. The zero-order valence-electron chi connectivity index (χ0n) is 15.0. The Morgan fingerprint density at radius 1 is 1.16 bits per heavy atom. The minimum Gasteiger partial charge on any atom is -0.336 e. The first-order chi connectivity index (χ1) is 12.2. The van der Waals surface area contributed by atoms with Crippen molar-refractivity contribution in [3.63, 3.8) is 0 Å². The van der Waals surface area contributed by atoms with E-state index in [2.05, 4.69) is 27.6 Å². The van der Waals surface area contributed by atoms with E-state index in [0.717, 1.165) is 62.0 Å². The van der Waals surface area contributed by atoms with Crippen molar-refractivity contribution in [1.82, 2.24) is 19.4 Å². The number of aromatic nitrogens is 2. The van der Waals surface area contributed by atoms with Gasteiger partial charge in [-0.25, -0.2) is 4.98 Å². The summed E-state index contributed by atoms with van der Waals surface area (Å²) in [5.74, 6) is 1.30. The highest BCUT2D eigenvalue weighted by molar-refractivity contribution is 7.98. The Kier molecular flexibility index (Phi) is 6.15. The predicted molar refractivity (Wildman–Crippen MR) is 102 cm³/mol. The van der Waals surface area contributed by atoms with Crippen LogP contribution in [0.15, 0.2) is 41.6 Å². The zero-order valence-corrected chi connectivity index (χ0v) is 15.8. The Morgan fingerprint density at radius 2 is 1.92 bits per heavy atom. The molecule has 6 heteroatoms. The monoisotopic (exact) mass is 358 g/mol. The molecule has 5 nitrogen and oxygen atoms in total. The van der Waals surface area contributed by atoms with Crippen LogP contribution in [0.3, 0.4) is 0 Å². The van der Waals surface area contributed by atoms with E-state index >= 15 is 0 Å². The van der Waals surface area contributed by atoms with Crippen molar-refractivity contribution >= 4 is 17.7 Å². The predicted octanol–water partition coefficient (Wildman–Crippen LogP) is 2.63. The molecular weight excluding hydrogens is 332 g/mol. The molecule has 0 atom stereocenters. The third-order valence-corrected chi connectivity index (χ3v) is 5.57. The van der Waals surface area contributed by atoms with Crippen LogP contribution in [0.2, 0.25) is 0 Å². The summed E-state index contributed by atoms with van der Waals surface area (Å²) in [4.78, 5) is 22.6. The second kappa shape index (κ2) is 8.54. The molecule has 0 aliphatic carbocycles. The van der Waals surface area contributed by atoms with Crippen LogP contribution in [0.1, 0.15) is 23.1 Å². The van der Waals surface area contributed by atoms with Crippen LogP contribution in [0.5, 0.6) is 0 Å². The van der Waals surface area contributed by atoms with Crippen molar-refractivity contribution in [3.8, 4) is 0 Å². The molecule has 1 fully saturated rings. The molecule has 0 spiro atoms. The van der Waals surface area contributed by atoms with Gasteiger partial charge in [0.25, 0.3) is 5.91 Å². The van der Waals surface area contributed by atoms with Gasteiger partial charge in [0, 0.05) is 63.0 Å². The summed E-state index contributed by atoms with van der Waals surface area (Å²) in [6.45, 7) is 7.57. The summed E-state index contributed by atoms with van der Waals surface area (Å²) in [6, 6.07) is 7.89. The summed E-state index contributed by atoms with van der Waals surface area (Å²) in [5.41, 5.74) is 0.828. The molecule has 2 heterocycles. The smallest absolute Gasteiger partial charge is 0.255 e. The second-order valence-corrected chi connectivity index (χ2v) is 7.07. The molecule has 1 aliphatic rings. The summed E-state index contributed by atoms with van der Waals surface area (Å²) < 4.78 is 2.23. The summed E-state index contributed by atoms with van der Waals surface area (Å²) in [6.07, 6.45) is 6.91. The first kappa shape index (κ1) is 18.0. The van der Waals surface area contributed by atoms with Crippen molar-refractivity contribution in [2.75, 3.05) is 39.0 Å². The van der Waals surface area contributed by atoms with E-state index in [1.807, 2.05) is 41.6 Å². The van der Waals surface area contributed by atoms with E-state index in [9.17, 15) is 4.79 Å². The SMILES string of the molecule is CCc1nccn1CCN1CCN(C(=O)c2ccccc2SC)CC1. The van der Waals surface area contributed by atoms with Gasteiger partial charge in [-0.15, -0.1) is 11.8 Å². The highest BCUT2D eigenvalue weighted by atomic mass is 32.2. The Bertz CT molecular complexity index is 707. The van der Waals surface area contributed by atoms with E-state index in [-0.39, 0.29) is 5.91 Å². The van der Waals surface area contributed by atoms with Gasteiger partial charge < -0.3 is 9.47 Å². The van der Waals surface area contributed by atoms with Gasteiger partial charge in [-0.1, -0.05) is 19.1 Å². The number of amides is 1. The van der Waals surface area contributed by atoms with Crippen molar-refractivity contribution in [2.24, 2.45) is 0 Å². The largest absolute Gasteiger partial charge is 0.336 e. The maximum absolute atomic E-state index is 12.8. The van der Waals surface area contributed by atoms with Gasteiger partial charge in [-0.3, -0.25) is 9.69 Å². The van der Waals surface area contributed by atoms with Crippen LogP contribution in [0.4, 0.5) is 0 Å². The van der Waals surface area contributed by atoms with Gasteiger partial charge in [0.05, 0.1) is 5.56 Å². The molecule has 0 saturated carbocycles. The lowest BCUT2D eigenvalue weighted by Crippen LogP contribution is -2.49. The number of carbonyl (C=O) groups excluding carboxylic acids is 1. The Morgan fingerprint density at radius 3 is 2.64 bits per heavy atom. The molecule has 2 aromatic rings. The molecule has 1 saturated heterocycles. The molecule has 0 radical (unpaired) electrons. The maximum Gasteiger partial charge on any atom is 0.255 e. The van der Waals surface area contributed by atoms with Crippen LogP contribution in [0.25, 0.3) is 0 Å². The number of aryl methyl sites for hydroxylation is 1. The lowest BCUT2D eigenvalue weighted by molar-refractivity contribution is 0.0629. The van der Waals surface area contributed by atoms with Crippen LogP contribution >= 0.6 is 11.8 Å². The molecule has 134 valence electrons. The average molecular weight is 359 g/mol. The van der Waals surface area contributed by atoms with Crippen molar-refractivity contribution in [3.05, 3.63) is 48.0 Å². The number of imidazole rings is 1. The van der Waals surface area contributed by atoms with Crippen molar-refractivity contribution in [2.45, 2.75) is 24.8 Å². The van der Waals surface area contributed by atoms with E-state index in [1.165, 1.54) is 0 Å². The van der Waals surface area contributed by atoms with Crippen LogP contribution in [0, 0.1) is 0 Å². The molecule has 1 amide bonds. The first-order valence-corrected chi connectivity index (χ1v) is 10.1. The number of thioether (sulfide) groups is 1. The van der Waals surface area contributed by atoms with E-state index in [1.54, 1.807) is 11.8 Å². The minimum atomic E-state index is 0.160. The van der Waals surface area contributed by atoms with E-state index in [4.69, 9.17) is 0 Å². The van der Waals surface area contributed by atoms with Gasteiger partial charge in [0.15, 0.2) is 0 Å². The Hall–Kier alpha value is -1.79. The molecule has 1 aromatic carbocycles. The van der Waals surface area contributed by atoms with Gasteiger partial charge in [-0.2, -0.15) is 0 Å². The Labute approximate surface area is 154 Å². The van der Waals surface area contributed by atoms with Gasteiger partial charge in [-0.05, 0) is 18.4 Å². The molecule has 0 unspecified atom stereocenters. The molecule has 1 aliphatic heterocycles. The number of benzene rings is 1. The normalized spacial score (nSPS) is 15.5.